The molecule has 2 heterocycles. The van der Waals surface area contributed by atoms with E-state index in [0.717, 1.165) is 39.9 Å². The highest BCUT2D eigenvalue weighted by molar-refractivity contribution is 6.80. The lowest BCUT2D eigenvalue weighted by molar-refractivity contribution is -0.153. The molecule has 3 amide bonds. The van der Waals surface area contributed by atoms with Gasteiger partial charge in [0.15, 0.2) is 0 Å². The van der Waals surface area contributed by atoms with Crippen molar-refractivity contribution in [2.24, 2.45) is 25.9 Å². The lowest BCUT2D eigenvalue weighted by Crippen LogP contribution is -2.43. The van der Waals surface area contributed by atoms with Crippen LogP contribution in [0, 0.1) is 37.6 Å². The Bertz CT molecular complexity index is 2110. The lowest BCUT2D eigenvalue weighted by Gasteiger charge is -2.23. The number of anilines is 2. The number of aromatic nitrogens is 4. The fraction of sp³-hybridized carbons (Fsp3) is 0.429. The molecule has 0 bridgehead atoms. The van der Waals surface area contributed by atoms with Crippen LogP contribution >= 0.6 is 11.6 Å². The summed E-state index contributed by atoms with van der Waals surface area (Å²) < 4.78 is 39.5. The highest BCUT2D eigenvalue weighted by Gasteiger charge is 2.36. The maximum Gasteiger partial charge on any atom is 0.397 e. The number of rotatable bonds is 13. The minimum absolute atomic E-state index is 0.00108. The van der Waals surface area contributed by atoms with Crippen molar-refractivity contribution in [3.63, 3.8) is 0 Å². The number of nitrogens with zero attached hydrogens (tertiary/aromatic N) is 5. The number of aryl methyl sites for hydroxylation is 6. The van der Waals surface area contributed by atoms with Gasteiger partial charge in [-0.25, -0.2) is 23.9 Å². The van der Waals surface area contributed by atoms with Crippen LogP contribution in [0.3, 0.4) is 0 Å². The van der Waals surface area contributed by atoms with Crippen LogP contribution < -0.4 is 10.2 Å². The van der Waals surface area contributed by atoms with E-state index in [0.29, 0.717) is 34.4 Å². The van der Waals surface area contributed by atoms with Crippen molar-refractivity contribution in [2.45, 2.75) is 81.1 Å². The molecule has 2 aromatic carbocycles. The lowest BCUT2D eigenvalue weighted by atomic mass is 10.0. The van der Waals surface area contributed by atoms with Gasteiger partial charge in [0.2, 0.25) is 11.9 Å². The van der Waals surface area contributed by atoms with Gasteiger partial charge in [-0.3, -0.25) is 19.2 Å². The average molecular weight is 843 g/mol. The summed E-state index contributed by atoms with van der Waals surface area (Å²) in [5, 5.41) is 9.57. The minimum atomic E-state index is -1.18. The normalized spacial score (nSPS) is 10.6. The molecule has 1 N–H and O–H groups in total. The van der Waals surface area contributed by atoms with Gasteiger partial charge >= 0.3 is 23.1 Å². The van der Waals surface area contributed by atoms with Gasteiger partial charge in [0.25, 0.3) is 11.8 Å². The molecule has 0 unspecified atom stereocenters. The second kappa shape index (κ2) is 23.6. The fourth-order valence-electron chi connectivity index (χ4n) is 5.53. The van der Waals surface area contributed by atoms with Crippen LogP contribution in [-0.2, 0) is 55.6 Å². The zero-order valence-corrected chi connectivity index (χ0v) is 35.9. The third-order valence-electron chi connectivity index (χ3n) is 8.52. The number of esters is 2. The summed E-state index contributed by atoms with van der Waals surface area (Å²) in [4.78, 5) is 71.2. The van der Waals surface area contributed by atoms with E-state index >= 15 is 0 Å². The molecular formula is C42H53ClF2N6O8. The van der Waals surface area contributed by atoms with Crippen LogP contribution in [0.25, 0.3) is 0 Å². The molecule has 0 aliphatic carbocycles. The third kappa shape index (κ3) is 14.2. The molecule has 0 saturated heterocycles. The molecule has 2 aromatic heterocycles. The van der Waals surface area contributed by atoms with Gasteiger partial charge in [-0.05, 0) is 100 Å². The van der Waals surface area contributed by atoms with Crippen molar-refractivity contribution in [1.82, 2.24) is 19.6 Å². The van der Waals surface area contributed by atoms with E-state index in [1.54, 1.807) is 45.0 Å². The molecule has 0 fully saturated rings. The number of ether oxygens (including phenoxy) is 2. The van der Waals surface area contributed by atoms with Gasteiger partial charge in [0.05, 0.1) is 30.3 Å². The summed E-state index contributed by atoms with van der Waals surface area (Å²) in [6, 6.07) is 14.4. The largest absolute Gasteiger partial charge is 0.459 e. The number of benzene rings is 2. The number of imide groups is 1. The highest BCUT2D eigenvalue weighted by Crippen LogP contribution is 2.27. The fourth-order valence-corrected chi connectivity index (χ4v) is 5.58. The Morgan fingerprint density at radius 2 is 1.19 bits per heavy atom. The molecule has 0 spiro atoms. The monoisotopic (exact) mass is 842 g/mol. The topological polar surface area (TPSA) is 172 Å². The summed E-state index contributed by atoms with van der Waals surface area (Å²) in [6.45, 7) is 14.8. The van der Waals surface area contributed by atoms with Gasteiger partial charge in [-0.2, -0.15) is 19.0 Å². The van der Waals surface area contributed by atoms with Crippen LogP contribution in [0.15, 0.2) is 48.5 Å². The molecular weight excluding hydrogens is 790 g/mol. The number of carbonyl (C=O) groups is 6. The maximum atomic E-state index is 14.5. The molecule has 17 heteroatoms. The number of para-hydroxylation sites is 2. The van der Waals surface area contributed by atoms with E-state index in [1.807, 2.05) is 24.3 Å². The van der Waals surface area contributed by atoms with Crippen LogP contribution in [0.1, 0.15) is 97.6 Å². The molecule has 0 aliphatic rings. The van der Waals surface area contributed by atoms with E-state index in [1.165, 1.54) is 21.0 Å². The second-order valence-corrected chi connectivity index (χ2v) is 14.4. The molecule has 59 heavy (non-hydrogen) atoms. The molecule has 4 aromatic rings. The number of nitrogens with one attached hydrogen (secondary N) is 1. The van der Waals surface area contributed by atoms with Crippen molar-refractivity contribution in [1.29, 1.82) is 0 Å². The predicted molar refractivity (Wildman–Crippen MR) is 219 cm³/mol. The van der Waals surface area contributed by atoms with E-state index in [9.17, 15) is 37.5 Å². The van der Waals surface area contributed by atoms with Gasteiger partial charge < -0.3 is 14.8 Å². The first-order valence-corrected chi connectivity index (χ1v) is 19.4. The Labute approximate surface area is 348 Å². The van der Waals surface area contributed by atoms with Gasteiger partial charge in [0.1, 0.15) is 11.1 Å². The van der Waals surface area contributed by atoms with Crippen molar-refractivity contribution >= 4 is 57.9 Å². The predicted octanol–water partition coefficient (Wildman–Crippen LogP) is 7.22. The Kier molecular flexibility index (Phi) is 19.7. The van der Waals surface area contributed by atoms with Crippen LogP contribution in [0.2, 0.25) is 0 Å². The number of amides is 3. The van der Waals surface area contributed by atoms with Crippen molar-refractivity contribution in [2.75, 3.05) is 23.4 Å². The first-order chi connectivity index (χ1) is 27.8. The van der Waals surface area contributed by atoms with E-state index in [2.05, 4.69) is 47.9 Å². The molecule has 0 atom stereocenters. The van der Waals surface area contributed by atoms with Gasteiger partial charge in [0, 0.05) is 19.8 Å². The number of hydrogen-bond acceptors (Lipinski definition) is 10. The first kappa shape index (κ1) is 49.4. The van der Waals surface area contributed by atoms with Crippen molar-refractivity contribution in [3.05, 3.63) is 94.1 Å². The smallest absolute Gasteiger partial charge is 0.397 e. The number of hydrogen-bond donors (Lipinski definition) is 1. The Balaban J connectivity index is 0.000000352. The summed E-state index contributed by atoms with van der Waals surface area (Å²) in [5.74, 6) is -5.27. The molecule has 0 saturated carbocycles. The SMILES string of the molecule is CCOC(=O)C(=O)Cl.CCOC(=O)C(=O)N(C(=O)c1c(C)nn(C)c1F)c1ccccc1CCC(C)C.Cc1nn(C)c(F)c1C(=O)Nc1ccccc1CCC(C)C. The summed E-state index contributed by atoms with van der Waals surface area (Å²) in [5.41, 5.74) is 2.88. The molecule has 14 nitrogen and oxygen atoms in total. The van der Waals surface area contributed by atoms with Gasteiger partial charge in [-0.1, -0.05) is 64.1 Å². The standard InChI is InChI=1S/C21H26FN3O4.C17H22FN3O.C4H5ClO3/c1-6-29-21(28)20(27)25(19(26)17-14(4)23-24(5)18(17)22)16-10-8-7-9-15(16)12-11-13(2)3;1-11(2)9-10-13-7-5-6-8-14(13)19-17(22)15-12(3)20-21(4)16(15)18;1-2-8-4(7)3(5)6/h7-10,13H,6,11-12H2,1-5H3;5-8,11H,9-10H2,1-4H3,(H,19,22);2H2,1H3. The van der Waals surface area contributed by atoms with Gasteiger partial charge in [-0.15, -0.1) is 0 Å². The summed E-state index contributed by atoms with van der Waals surface area (Å²) in [6.07, 6.45) is 3.31. The van der Waals surface area contributed by atoms with Crippen LogP contribution in [0.4, 0.5) is 20.2 Å². The molecule has 0 aliphatic heterocycles. The Morgan fingerprint density at radius 1 is 0.729 bits per heavy atom. The van der Waals surface area contributed by atoms with E-state index in [-0.39, 0.29) is 35.7 Å². The average Bonchev–Trinajstić information content (AvgIpc) is 3.59. The molecule has 4 rings (SSSR count). The summed E-state index contributed by atoms with van der Waals surface area (Å²) >= 11 is 4.69. The van der Waals surface area contributed by atoms with Crippen LogP contribution in [0.5, 0.6) is 0 Å². The van der Waals surface area contributed by atoms with Crippen LogP contribution in [-0.4, -0.2) is 67.7 Å². The zero-order valence-electron chi connectivity index (χ0n) is 35.2. The number of carbonyl (C=O) groups excluding carboxylic acids is 6. The minimum Gasteiger partial charge on any atom is -0.459 e. The Morgan fingerprint density at radius 3 is 1.64 bits per heavy atom. The van der Waals surface area contributed by atoms with E-state index in [4.69, 9.17) is 16.3 Å². The third-order valence-corrected chi connectivity index (χ3v) is 8.67. The molecule has 0 radical (unpaired) electrons. The Hall–Kier alpha value is -5.77. The zero-order chi connectivity index (χ0) is 44.6. The highest BCUT2D eigenvalue weighted by atomic mass is 35.5. The molecule has 320 valence electrons. The maximum absolute atomic E-state index is 14.5. The second-order valence-electron chi connectivity index (χ2n) is 14.0. The quantitative estimate of drug-likeness (QED) is 0.0824. The number of halogens is 3. The van der Waals surface area contributed by atoms with Crippen molar-refractivity contribution < 1.29 is 47.0 Å². The summed E-state index contributed by atoms with van der Waals surface area (Å²) in [7, 11) is 2.84. The van der Waals surface area contributed by atoms with E-state index < -0.39 is 46.8 Å². The first-order valence-electron chi connectivity index (χ1n) is 19.0. The van der Waals surface area contributed by atoms with Crippen molar-refractivity contribution in [3.8, 4) is 0 Å².